The Bertz CT molecular complexity index is 804. The second-order valence-corrected chi connectivity index (χ2v) is 5.15. The lowest BCUT2D eigenvalue weighted by Crippen LogP contribution is -2.04. The summed E-state index contributed by atoms with van der Waals surface area (Å²) in [6.45, 7) is 4.00. The van der Waals surface area contributed by atoms with E-state index in [0.29, 0.717) is 0 Å². The van der Waals surface area contributed by atoms with Crippen LogP contribution in [0.25, 0.3) is 22.5 Å². The molecule has 0 aliphatic heterocycles. The molecule has 0 bridgehead atoms. The first-order chi connectivity index (χ1) is 10.1. The topological polar surface area (TPSA) is 69.6 Å². The Labute approximate surface area is 123 Å². The van der Waals surface area contributed by atoms with Crippen molar-refractivity contribution in [1.29, 1.82) is 0 Å². The quantitative estimate of drug-likeness (QED) is 0.783. The van der Waals surface area contributed by atoms with Crippen molar-refractivity contribution in [2.45, 2.75) is 13.8 Å². The molecule has 0 spiro atoms. The van der Waals surface area contributed by atoms with Crippen molar-refractivity contribution in [3.8, 4) is 22.5 Å². The van der Waals surface area contributed by atoms with E-state index in [4.69, 9.17) is 5.73 Å². The van der Waals surface area contributed by atoms with Gasteiger partial charge in [-0.1, -0.05) is 23.8 Å². The van der Waals surface area contributed by atoms with Gasteiger partial charge in [-0.2, -0.15) is 0 Å². The van der Waals surface area contributed by atoms with Crippen LogP contribution in [-0.2, 0) is 7.05 Å². The fourth-order valence-corrected chi connectivity index (χ4v) is 2.50. The first kappa shape index (κ1) is 13.3. The Balaban J connectivity index is 2.32. The van der Waals surface area contributed by atoms with E-state index in [2.05, 4.69) is 34.0 Å². The lowest BCUT2D eigenvalue weighted by atomic mass is 10.0. The second-order valence-electron chi connectivity index (χ2n) is 5.15. The van der Waals surface area contributed by atoms with E-state index in [9.17, 15) is 0 Å². The summed E-state index contributed by atoms with van der Waals surface area (Å²) < 4.78 is 1.96. The van der Waals surface area contributed by atoms with Crippen LogP contribution < -0.4 is 5.73 Å². The molecule has 1 aromatic carbocycles. The largest absolute Gasteiger partial charge is 0.368 e. The molecule has 0 saturated carbocycles. The molecule has 0 saturated heterocycles. The monoisotopic (exact) mass is 279 g/mol. The molecular formula is C16H17N5. The molecule has 106 valence electrons. The fourth-order valence-electron chi connectivity index (χ4n) is 2.50. The number of imidazole rings is 1. The van der Waals surface area contributed by atoms with Gasteiger partial charge >= 0.3 is 0 Å². The van der Waals surface area contributed by atoms with E-state index < -0.39 is 0 Å². The Hall–Kier alpha value is -2.69. The summed E-state index contributed by atoms with van der Waals surface area (Å²) in [4.78, 5) is 13.0. The van der Waals surface area contributed by atoms with Gasteiger partial charge in [-0.25, -0.2) is 15.0 Å². The van der Waals surface area contributed by atoms with Gasteiger partial charge in [-0.15, -0.1) is 0 Å². The molecule has 0 radical (unpaired) electrons. The third-order valence-electron chi connectivity index (χ3n) is 3.47. The molecule has 2 aromatic heterocycles. The van der Waals surface area contributed by atoms with E-state index in [0.717, 1.165) is 28.2 Å². The van der Waals surface area contributed by atoms with Gasteiger partial charge < -0.3 is 10.3 Å². The zero-order chi connectivity index (χ0) is 15.0. The highest BCUT2D eigenvalue weighted by Crippen LogP contribution is 2.33. The fraction of sp³-hybridized carbons (Fsp3) is 0.188. The number of rotatable bonds is 2. The van der Waals surface area contributed by atoms with E-state index >= 15 is 0 Å². The maximum Gasteiger partial charge on any atom is 0.220 e. The molecule has 5 heteroatoms. The van der Waals surface area contributed by atoms with Gasteiger partial charge in [0, 0.05) is 18.2 Å². The van der Waals surface area contributed by atoms with Crippen LogP contribution in [-0.4, -0.2) is 19.5 Å². The molecule has 21 heavy (non-hydrogen) atoms. The molecule has 2 N–H and O–H groups in total. The van der Waals surface area contributed by atoms with Crippen LogP contribution in [0.5, 0.6) is 0 Å². The van der Waals surface area contributed by atoms with Gasteiger partial charge in [0.2, 0.25) is 5.95 Å². The summed E-state index contributed by atoms with van der Waals surface area (Å²) in [5.74, 6) is 0.287. The average molecular weight is 279 g/mol. The van der Waals surface area contributed by atoms with Crippen LogP contribution >= 0.6 is 0 Å². The van der Waals surface area contributed by atoms with Crippen LogP contribution in [0.2, 0.25) is 0 Å². The van der Waals surface area contributed by atoms with Crippen molar-refractivity contribution < 1.29 is 0 Å². The zero-order valence-corrected chi connectivity index (χ0v) is 12.3. The van der Waals surface area contributed by atoms with Gasteiger partial charge in [0.05, 0.1) is 29.6 Å². The zero-order valence-electron chi connectivity index (χ0n) is 12.3. The number of anilines is 1. The van der Waals surface area contributed by atoms with Crippen molar-refractivity contribution in [3.05, 3.63) is 48.0 Å². The number of nitrogens with two attached hydrogens (primary N) is 1. The number of aryl methyl sites for hydroxylation is 3. The lowest BCUT2D eigenvalue weighted by Gasteiger charge is -2.13. The normalized spacial score (nSPS) is 10.8. The minimum Gasteiger partial charge on any atom is -0.368 e. The van der Waals surface area contributed by atoms with E-state index in [1.54, 1.807) is 6.33 Å². The SMILES string of the molecule is Cc1cccc(-c2nc(N)nc(C)c2-c2cncn2C)c1. The van der Waals surface area contributed by atoms with Crippen molar-refractivity contribution in [1.82, 2.24) is 19.5 Å². The molecule has 0 fully saturated rings. The van der Waals surface area contributed by atoms with Crippen molar-refractivity contribution in [3.63, 3.8) is 0 Å². The third kappa shape index (κ3) is 2.38. The van der Waals surface area contributed by atoms with Crippen LogP contribution in [0.3, 0.4) is 0 Å². The summed E-state index contributed by atoms with van der Waals surface area (Å²) in [6, 6.07) is 8.21. The minimum atomic E-state index is 0.287. The van der Waals surface area contributed by atoms with E-state index in [-0.39, 0.29) is 5.95 Å². The van der Waals surface area contributed by atoms with Gasteiger partial charge in [0.1, 0.15) is 0 Å². The van der Waals surface area contributed by atoms with Crippen molar-refractivity contribution in [2.75, 3.05) is 5.73 Å². The number of hydrogen-bond donors (Lipinski definition) is 1. The third-order valence-corrected chi connectivity index (χ3v) is 3.47. The number of hydrogen-bond acceptors (Lipinski definition) is 4. The Morgan fingerprint density at radius 3 is 2.62 bits per heavy atom. The molecule has 0 aliphatic rings. The highest BCUT2D eigenvalue weighted by Gasteiger charge is 2.17. The molecule has 3 aromatic rings. The minimum absolute atomic E-state index is 0.287. The number of benzene rings is 1. The van der Waals surface area contributed by atoms with E-state index in [1.165, 1.54) is 5.56 Å². The number of nitrogen functional groups attached to an aromatic ring is 1. The Morgan fingerprint density at radius 1 is 1.14 bits per heavy atom. The standard InChI is InChI=1S/C16H17N5/c1-10-5-4-6-12(7-10)15-14(11(2)19-16(17)20-15)13-8-18-9-21(13)3/h4-9H,1-3H3,(H2,17,19,20). The van der Waals surface area contributed by atoms with Gasteiger partial charge in [-0.05, 0) is 19.9 Å². The van der Waals surface area contributed by atoms with Crippen molar-refractivity contribution in [2.24, 2.45) is 7.05 Å². The predicted molar refractivity (Wildman–Crippen MR) is 83.6 cm³/mol. The van der Waals surface area contributed by atoms with Crippen LogP contribution in [0.4, 0.5) is 5.95 Å². The molecule has 0 unspecified atom stereocenters. The molecule has 2 heterocycles. The molecule has 0 amide bonds. The maximum atomic E-state index is 5.85. The van der Waals surface area contributed by atoms with Crippen LogP contribution in [0, 0.1) is 13.8 Å². The lowest BCUT2D eigenvalue weighted by molar-refractivity contribution is 0.917. The summed E-state index contributed by atoms with van der Waals surface area (Å²) in [5.41, 5.74) is 11.7. The molecular weight excluding hydrogens is 262 g/mol. The summed E-state index contributed by atoms with van der Waals surface area (Å²) in [7, 11) is 1.96. The van der Waals surface area contributed by atoms with Gasteiger partial charge in [0.15, 0.2) is 0 Å². The van der Waals surface area contributed by atoms with E-state index in [1.807, 2.05) is 36.9 Å². The smallest absolute Gasteiger partial charge is 0.220 e. The molecule has 0 aliphatic carbocycles. The average Bonchev–Trinajstić information content (AvgIpc) is 2.84. The highest BCUT2D eigenvalue weighted by molar-refractivity contribution is 5.81. The van der Waals surface area contributed by atoms with Gasteiger partial charge in [-0.3, -0.25) is 0 Å². The number of aromatic nitrogens is 4. The Kier molecular flexibility index (Phi) is 3.17. The highest BCUT2D eigenvalue weighted by atomic mass is 15.0. The van der Waals surface area contributed by atoms with Gasteiger partial charge in [0.25, 0.3) is 0 Å². The summed E-state index contributed by atoms with van der Waals surface area (Å²) in [5, 5.41) is 0. The first-order valence-corrected chi connectivity index (χ1v) is 6.74. The maximum absolute atomic E-state index is 5.85. The molecule has 3 rings (SSSR count). The van der Waals surface area contributed by atoms with Crippen LogP contribution in [0.1, 0.15) is 11.3 Å². The second kappa shape index (κ2) is 5.01. The predicted octanol–water partition coefficient (Wildman–Crippen LogP) is 2.74. The number of nitrogens with zero attached hydrogens (tertiary/aromatic N) is 4. The summed E-state index contributed by atoms with van der Waals surface area (Å²) >= 11 is 0. The molecule has 0 atom stereocenters. The van der Waals surface area contributed by atoms with Crippen molar-refractivity contribution >= 4 is 5.95 Å². The summed E-state index contributed by atoms with van der Waals surface area (Å²) in [6.07, 6.45) is 3.59. The first-order valence-electron chi connectivity index (χ1n) is 6.74. The van der Waals surface area contributed by atoms with Crippen LogP contribution in [0.15, 0.2) is 36.8 Å². The molecule has 5 nitrogen and oxygen atoms in total. The Morgan fingerprint density at radius 2 is 1.95 bits per heavy atom.